The smallest absolute Gasteiger partial charge is 0.305 e. The molecule has 2 aromatic rings. The molecule has 0 aromatic heterocycles. The summed E-state index contributed by atoms with van der Waals surface area (Å²) in [5, 5.41) is 10.5. The molecule has 7 N–H and O–H groups in total. The number of nitrogens with one attached hydrogen (secondary N) is 3. The predicted molar refractivity (Wildman–Crippen MR) is 158 cm³/mol. The molecule has 0 radical (unpaired) electrons. The Labute approximate surface area is 244 Å². The minimum absolute atomic E-state index is 0.0750. The van der Waals surface area contributed by atoms with Gasteiger partial charge in [0.2, 0.25) is 11.8 Å². The fraction of sp³-hybridized carbons (Fsp3) is 0.448. The van der Waals surface area contributed by atoms with Crippen LogP contribution in [0.25, 0.3) is 0 Å². The maximum Gasteiger partial charge on any atom is 0.305 e. The van der Waals surface area contributed by atoms with E-state index in [2.05, 4.69) is 10.0 Å². The zero-order chi connectivity index (χ0) is 29.8. The van der Waals surface area contributed by atoms with Crippen molar-refractivity contribution < 1.29 is 23.7 Å². The summed E-state index contributed by atoms with van der Waals surface area (Å²) in [6.45, 7) is 1.36. The molecule has 41 heavy (non-hydrogen) atoms. The van der Waals surface area contributed by atoms with Gasteiger partial charge in [-0.3, -0.25) is 19.8 Å². The third kappa shape index (κ3) is 10.2. The van der Waals surface area contributed by atoms with Gasteiger partial charge in [0.1, 0.15) is 11.9 Å². The van der Waals surface area contributed by atoms with Gasteiger partial charge in [-0.2, -0.15) is 0 Å². The van der Waals surface area contributed by atoms with Gasteiger partial charge in [0.25, 0.3) is 0 Å². The number of carbonyl (C=O) groups is 3. The van der Waals surface area contributed by atoms with Crippen molar-refractivity contribution in [1.29, 1.82) is 5.41 Å². The number of carbonyl (C=O) groups excluding carboxylic acids is 3. The number of piperidine rings is 1. The monoisotopic (exact) mass is 584 g/mol. The molecule has 1 aliphatic heterocycles. The fourth-order valence-electron chi connectivity index (χ4n) is 4.82. The van der Waals surface area contributed by atoms with Crippen LogP contribution < -0.4 is 21.5 Å². The molecule has 1 fully saturated rings. The van der Waals surface area contributed by atoms with Crippen LogP contribution >= 0.6 is 0 Å². The lowest BCUT2D eigenvalue weighted by atomic mass is 9.91. The van der Waals surface area contributed by atoms with E-state index in [1.807, 2.05) is 6.07 Å². The Morgan fingerprint density at radius 3 is 2.56 bits per heavy atom. The van der Waals surface area contributed by atoms with Crippen LogP contribution in [0.2, 0.25) is 0 Å². The highest BCUT2D eigenvalue weighted by Crippen LogP contribution is 2.24. The van der Waals surface area contributed by atoms with E-state index in [1.54, 1.807) is 47.4 Å². The summed E-state index contributed by atoms with van der Waals surface area (Å²) in [7, 11) is 1.39. The highest BCUT2D eigenvalue weighted by atomic mass is 32.2. The Bertz CT molecular complexity index is 1200. The zero-order valence-electron chi connectivity index (χ0n) is 23.4. The van der Waals surface area contributed by atoms with E-state index in [0.717, 1.165) is 31.2 Å². The van der Waals surface area contributed by atoms with Gasteiger partial charge in [-0.15, -0.1) is 4.72 Å². The first-order valence-electron chi connectivity index (χ1n) is 13.8. The first-order chi connectivity index (χ1) is 19.7. The number of likely N-dealkylation sites (tertiary alicyclic amines) is 1. The number of ether oxygens (including phenoxy) is 1. The van der Waals surface area contributed by atoms with Gasteiger partial charge in [0.15, 0.2) is 4.90 Å². The summed E-state index contributed by atoms with van der Waals surface area (Å²) in [5.74, 6) is -0.262. The molecule has 12 heteroatoms. The summed E-state index contributed by atoms with van der Waals surface area (Å²) in [4.78, 5) is 39.3. The Balaban J connectivity index is 1.71. The van der Waals surface area contributed by atoms with E-state index in [0.29, 0.717) is 41.6 Å². The molecular weight excluding hydrogens is 544 g/mol. The van der Waals surface area contributed by atoms with Crippen molar-refractivity contribution in [3.05, 3.63) is 59.7 Å². The van der Waals surface area contributed by atoms with E-state index in [1.165, 1.54) is 7.11 Å². The van der Waals surface area contributed by atoms with Crippen molar-refractivity contribution in [3.63, 3.8) is 0 Å². The first-order valence-corrected chi connectivity index (χ1v) is 14.9. The first kappa shape index (κ1) is 32.1. The zero-order valence-corrected chi connectivity index (χ0v) is 24.2. The maximum atomic E-state index is 13.8. The molecule has 0 bridgehead atoms. The number of amidine groups is 1. The molecule has 222 valence electrons. The molecule has 1 heterocycles. The Morgan fingerprint density at radius 2 is 1.88 bits per heavy atom. The average Bonchev–Trinajstić information content (AvgIpc) is 2.97. The molecular formula is C29H40N6O5S. The number of hydrogen-bond donors (Lipinski definition) is 5. The average molecular weight is 585 g/mol. The summed E-state index contributed by atoms with van der Waals surface area (Å²) in [6.07, 6.45) is 4.12. The number of esters is 1. The van der Waals surface area contributed by atoms with Crippen molar-refractivity contribution in [3.8, 4) is 0 Å². The van der Waals surface area contributed by atoms with Crippen molar-refractivity contribution >= 4 is 40.7 Å². The predicted octanol–water partition coefficient (Wildman–Crippen LogP) is 2.06. The van der Waals surface area contributed by atoms with Crippen molar-refractivity contribution in [2.75, 3.05) is 32.1 Å². The largest absolute Gasteiger partial charge is 0.593 e. The number of nitrogen functional groups attached to an aromatic ring is 1. The van der Waals surface area contributed by atoms with Crippen LogP contribution in [0.3, 0.4) is 0 Å². The topological polar surface area (TPSA) is 187 Å². The lowest BCUT2D eigenvalue weighted by Crippen LogP contribution is -2.51. The molecule has 2 amide bonds. The number of amides is 2. The molecule has 1 unspecified atom stereocenters. The van der Waals surface area contributed by atoms with Gasteiger partial charge in [-0.05, 0) is 55.4 Å². The third-order valence-electron chi connectivity index (χ3n) is 7.08. The lowest BCUT2D eigenvalue weighted by Gasteiger charge is -2.34. The van der Waals surface area contributed by atoms with Crippen LogP contribution in [0, 0.1) is 11.3 Å². The number of nitrogens with zero attached hydrogens (tertiary/aromatic N) is 1. The molecule has 1 saturated heterocycles. The van der Waals surface area contributed by atoms with Crippen LogP contribution in [0.5, 0.6) is 0 Å². The molecule has 0 spiro atoms. The SMILES string of the molecule is COC(=O)CCCC1CCN(C(=O)[C@H](Cc2cccc(C(=N)N)c2)N[S+]([O-])c2cccc(NC(=O)CCN)c2)CC1. The van der Waals surface area contributed by atoms with Gasteiger partial charge >= 0.3 is 5.97 Å². The van der Waals surface area contributed by atoms with Crippen LogP contribution in [0.4, 0.5) is 5.69 Å². The second-order valence-corrected chi connectivity index (χ2v) is 11.4. The van der Waals surface area contributed by atoms with E-state index in [9.17, 15) is 18.9 Å². The molecule has 11 nitrogen and oxygen atoms in total. The number of nitrogens with two attached hydrogens (primary N) is 2. The minimum atomic E-state index is -1.76. The summed E-state index contributed by atoms with van der Waals surface area (Å²) < 4.78 is 21.2. The Morgan fingerprint density at radius 1 is 1.15 bits per heavy atom. The van der Waals surface area contributed by atoms with E-state index >= 15 is 0 Å². The number of hydrogen-bond acceptors (Lipinski definition) is 8. The van der Waals surface area contributed by atoms with Gasteiger partial charge in [-0.1, -0.05) is 24.3 Å². The normalized spacial score (nSPS) is 15.1. The quantitative estimate of drug-likeness (QED) is 0.0966. The number of methoxy groups -OCH3 is 1. The molecule has 3 rings (SSSR count). The molecule has 2 aromatic carbocycles. The molecule has 0 saturated carbocycles. The molecule has 0 aliphatic carbocycles. The number of benzene rings is 2. The van der Waals surface area contributed by atoms with Crippen LogP contribution in [-0.4, -0.2) is 65.9 Å². The molecule has 1 aliphatic rings. The second-order valence-electron chi connectivity index (χ2n) is 10.1. The summed E-state index contributed by atoms with van der Waals surface area (Å²) in [6, 6.07) is 13.0. The van der Waals surface area contributed by atoms with Gasteiger partial charge in [-0.25, -0.2) is 0 Å². The number of anilines is 1. The van der Waals surface area contributed by atoms with Gasteiger partial charge in [0, 0.05) is 56.2 Å². The highest BCUT2D eigenvalue weighted by molar-refractivity contribution is 7.89. The molecule has 2 atom stereocenters. The van der Waals surface area contributed by atoms with Crippen molar-refractivity contribution in [1.82, 2.24) is 9.62 Å². The van der Waals surface area contributed by atoms with Gasteiger partial charge in [0.05, 0.1) is 18.5 Å². The van der Waals surface area contributed by atoms with E-state index in [4.69, 9.17) is 21.6 Å². The van der Waals surface area contributed by atoms with Crippen LogP contribution in [0.1, 0.15) is 49.7 Å². The van der Waals surface area contributed by atoms with Crippen molar-refractivity contribution in [2.45, 2.75) is 55.9 Å². The number of rotatable bonds is 14. The van der Waals surface area contributed by atoms with E-state index in [-0.39, 0.29) is 43.0 Å². The summed E-state index contributed by atoms with van der Waals surface area (Å²) in [5.41, 5.74) is 12.9. The van der Waals surface area contributed by atoms with Crippen molar-refractivity contribution in [2.24, 2.45) is 17.4 Å². The minimum Gasteiger partial charge on any atom is -0.593 e. The van der Waals surface area contributed by atoms with Crippen LogP contribution in [-0.2, 0) is 36.9 Å². The second kappa shape index (κ2) is 16.1. The highest BCUT2D eigenvalue weighted by Gasteiger charge is 2.32. The fourth-order valence-corrected chi connectivity index (χ4v) is 5.84. The lowest BCUT2D eigenvalue weighted by molar-refractivity contribution is -0.140. The maximum absolute atomic E-state index is 13.8. The summed E-state index contributed by atoms with van der Waals surface area (Å²) >= 11 is -1.76. The van der Waals surface area contributed by atoms with E-state index < -0.39 is 17.4 Å². The standard InChI is InChI=1S/C29H40N6O5S/c1-40-27(37)10-3-5-20-12-15-35(16-13-20)29(38)25(18-21-6-2-7-22(17-21)28(31)32)34-41(39)24-9-4-8-23(19-24)33-26(36)11-14-30/h2,4,6-9,17,19-20,25,34H,3,5,10-16,18,30H2,1H3,(H3,31,32)(H,33,36)/t25-,41?/m0/s1. The Hall–Kier alpha value is -3.45. The van der Waals surface area contributed by atoms with Crippen LogP contribution in [0.15, 0.2) is 53.4 Å². The third-order valence-corrected chi connectivity index (χ3v) is 8.26. The Kier molecular flexibility index (Phi) is 12.6. The van der Waals surface area contributed by atoms with Gasteiger partial charge < -0.3 is 31.0 Å².